The number of aliphatic hydroxyl groups excluding tert-OH is 1. The van der Waals surface area contributed by atoms with E-state index in [4.69, 9.17) is 0 Å². The van der Waals surface area contributed by atoms with Crippen LogP contribution < -0.4 is 4.90 Å². The maximum Gasteiger partial charge on any atom is 0.225 e. The van der Waals surface area contributed by atoms with Crippen molar-refractivity contribution < 1.29 is 9.90 Å². The number of nitrogens with zero attached hydrogens (tertiary/aromatic N) is 4. The average molecular weight is 395 g/mol. The second kappa shape index (κ2) is 8.91. The molecule has 29 heavy (non-hydrogen) atoms. The Kier molecular flexibility index (Phi) is 6.09. The number of rotatable bonds is 6. The summed E-state index contributed by atoms with van der Waals surface area (Å²) < 4.78 is 0. The zero-order valence-electron chi connectivity index (χ0n) is 16.9. The lowest BCUT2D eigenvalue weighted by Gasteiger charge is -2.42. The van der Waals surface area contributed by atoms with Crippen LogP contribution in [0, 0.1) is 11.3 Å². The van der Waals surface area contributed by atoms with E-state index in [1.54, 1.807) is 12.4 Å². The minimum atomic E-state index is 0.0504. The third-order valence-electron chi connectivity index (χ3n) is 6.68. The normalized spacial score (nSPS) is 20.9. The summed E-state index contributed by atoms with van der Waals surface area (Å²) in [5, 5.41) is 10.00. The fourth-order valence-corrected chi connectivity index (χ4v) is 4.91. The van der Waals surface area contributed by atoms with Crippen molar-refractivity contribution in [2.45, 2.75) is 32.1 Å². The van der Waals surface area contributed by atoms with E-state index in [2.05, 4.69) is 27.0 Å². The van der Waals surface area contributed by atoms with Crippen LogP contribution in [0.15, 0.2) is 48.8 Å². The second-order valence-electron chi connectivity index (χ2n) is 8.39. The van der Waals surface area contributed by atoms with Gasteiger partial charge in [-0.05, 0) is 42.7 Å². The van der Waals surface area contributed by atoms with Gasteiger partial charge in [-0.15, -0.1) is 0 Å². The maximum absolute atomic E-state index is 12.7. The first-order valence-electron chi connectivity index (χ1n) is 10.6. The van der Waals surface area contributed by atoms with Crippen LogP contribution in [-0.2, 0) is 11.2 Å². The molecule has 0 radical (unpaired) electrons. The molecule has 2 saturated heterocycles. The number of likely N-dealkylation sites (tertiary alicyclic amines) is 1. The Bertz CT molecular complexity index is 791. The number of amides is 1. The second-order valence-corrected chi connectivity index (χ2v) is 8.39. The van der Waals surface area contributed by atoms with Crippen molar-refractivity contribution in [3.8, 4) is 0 Å². The van der Waals surface area contributed by atoms with Crippen LogP contribution in [-0.4, -0.2) is 58.7 Å². The van der Waals surface area contributed by atoms with Crippen LogP contribution in [0.1, 0.15) is 31.2 Å². The molecule has 0 bridgehead atoms. The van der Waals surface area contributed by atoms with Crippen LogP contribution in [0.4, 0.5) is 5.95 Å². The monoisotopic (exact) mass is 394 g/mol. The minimum Gasteiger partial charge on any atom is -0.396 e. The summed E-state index contributed by atoms with van der Waals surface area (Å²) in [5.41, 5.74) is 1.34. The summed E-state index contributed by atoms with van der Waals surface area (Å²) in [7, 11) is 0. The van der Waals surface area contributed by atoms with E-state index in [0.717, 1.165) is 57.8 Å². The van der Waals surface area contributed by atoms with Gasteiger partial charge >= 0.3 is 0 Å². The molecule has 0 saturated carbocycles. The molecule has 2 fully saturated rings. The van der Waals surface area contributed by atoms with Gasteiger partial charge in [0.25, 0.3) is 0 Å². The quantitative estimate of drug-likeness (QED) is 0.815. The number of aromatic nitrogens is 2. The number of anilines is 1. The lowest BCUT2D eigenvalue weighted by atomic mass is 9.71. The SMILES string of the molecule is O=C(CCCc1ccccc1)N1CCC2(CC1)CN(c1ncccn1)CC2CO. The fourth-order valence-electron chi connectivity index (χ4n) is 4.91. The van der Waals surface area contributed by atoms with Gasteiger partial charge in [-0.3, -0.25) is 4.79 Å². The molecule has 154 valence electrons. The molecule has 1 atom stereocenters. The van der Waals surface area contributed by atoms with Crippen molar-refractivity contribution in [1.29, 1.82) is 0 Å². The Morgan fingerprint density at radius 2 is 1.83 bits per heavy atom. The largest absolute Gasteiger partial charge is 0.396 e. The van der Waals surface area contributed by atoms with Crippen LogP contribution in [0.5, 0.6) is 0 Å². The predicted molar refractivity (Wildman–Crippen MR) is 112 cm³/mol. The molecule has 1 aromatic carbocycles. The highest BCUT2D eigenvalue weighted by Gasteiger charge is 2.48. The van der Waals surface area contributed by atoms with Gasteiger partial charge in [0.2, 0.25) is 11.9 Å². The Labute approximate surface area is 172 Å². The van der Waals surface area contributed by atoms with Gasteiger partial charge in [0.05, 0.1) is 0 Å². The smallest absolute Gasteiger partial charge is 0.225 e. The topological polar surface area (TPSA) is 69.6 Å². The molecule has 6 nitrogen and oxygen atoms in total. The van der Waals surface area contributed by atoms with E-state index < -0.39 is 0 Å². The third-order valence-corrected chi connectivity index (χ3v) is 6.68. The molecule has 3 heterocycles. The zero-order chi connectivity index (χ0) is 20.1. The van der Waals surface area contributed by atoms with Crippen molar-refractivity contribution in [3.63, 3.8) is 0 Å². The van der Waals surface area contributed by atoms with Crippen molar-refractivity contribution in [1.82, 2.24) is 14.9 Å². The first-order chi connectivity index (χ1) is 14.2. The summed E-state index contributed by atoms with van der Waals surface area (Å²) in [4.78, 5) is 25.6. The molecule has 0 aliphatic carbocycles. The van der Waals surface area contributed by atoms with Crippen LogP contribution in [0.25, 0.3) is 0 Å². The number of benzene rings is 1. The van der Waals surface area contributed by atoms with E-state index in [-0.39, 0.29) is 23.8 Å². The molecule has 1 amide bonds. The summed E-state index contributed by atoms with van der Waals surface area (Å²) in [5.74, 6) is 1.21. The molecule has 1 unspecified atom stereocenters. The number of aliphatic hydroxyl groups is 1. The van der Waals surface area contributed by atoms with Gasteiger partial charge < -0.3 is 14.9 Å². The van der Waals surface area contributed by atoms with Gasteiger partial charge in [0, 0.05) is 57.5 Å². The molecule has 2 aliphatic rings. The summed E-state index contributed by atoms with van der Waals surface area (Å²) >= 11 is 0. The van der Waals surface area contributed by atoms with E-state index >= 15 is 0 Å². The highest BCUT2D eigenvalue weighted by Crippen LogP contribution is 2.45. The predicted octanol–water partition coefficient (Wildman–Crippen LogP) is 2.54. The molecule has 1 aromatic heterocycles. The van der Waals surface area contributed by atoms with Crippen LogP contribution >= 0.6 is 0 Å². The van der Waals surface area contributed by atoms with Crippen molar-refractivity contribution in [3.05, 3.63) is 54.4 Å². The van der Waals surface area contributed by atoms with Crippen molar-refractivity contribution in [2.24, 2.45) is 11.3 Å². The van der Waals surface area contributed by atoms with Gasteiger partial charge in [0.15, 0.2) is 0 Å². The first kappa shape index (κ1) is 19.8. The van der Waals surface area contributed by atoms with Crippen molar-refractivity contribution >= 4 is 11.9 Å². The number of hydrogen-bond donors (Lipinski definition) is 1. The Balaban J connectivity index is 1.30. The van der Waals surface area contributed by atoms with Crippen LogP contribution in [0.2, 0.25) is 0 Å². The average Bonchev–Trinajstić information content (AvgIpc) is 3.13. The van der Waals surface area contributed by atoms with E-state index in [0.29, 0.717) is 6.42 Å². The Morgan fingerprint density at radius 3 is 2.52 bits per heavy atom. The van der Waals surface area contributed by atoms with E-state index in [1.165, 1.54) is 5.56 Å². The lowest BCUT2D eigenvalue weighted by Crippen LogP contribution is -2.47. The molecule has 6 heteroatoms. The highest BCUT2D eigenvalue weighted by atomic mass is 16.3. The third kappa shape index (κ3) is 4.42. The Morgan fingerprint density at radius 1 is 1.10 bits per heavy atom. The Hall–Kier alpha value is -2.47. The van der Waals surface area contributed by atoms with Gasteiger partial charge in [-0.25, -0.2) is 9.97 Å². The van der Waals surface area contributed by atoms with Gasteiger partial charge in [-0.2, -0.15) is 0 Å². The molecule has 1 N–H and O–H groups in total. The van der Waals surface area contributed by atoms with Crippen LogP contribution in [0.3, 0.4) is 0 Å². The summed E-state index contributed by atoms with van der Waals surface area (Å²) in [6.45, 7) is 3.38. The number of aryl methyl sites for hydroxylation is 1. The molecular weight excluding hydrogens is 364 g/mol. The fraction of sp³-hybridized carbons (Fsp3) is 0.522. The highest BCUT2D eigenvalue weighted by molar-refractivity contribution is 5.76. The molecule has 2 aliphatic heterocycles. The number of carbonyl (C=O) groups excluding carboxylic acids is 1. The number of carbonyl (C=O) groups is 1. The number of piperidine rings is 1. The molecule has 1 spiro atoms. The standard InChI is InChI=1S/C23H30N4O2/c28-17-20-16-27(22-24-12-5-13-25-22)18-23(20)10-14-26(15-11-23)21(29)9-4-8-19-6-2-1-3-7-19/h1-3,5-7,12-13,20,28H,4,8-11,14-18H2. The molecular formula is C23H30N4O2. The summed E-state index contributed by atoms with van der Waals surface area (Å²) in [6, 6.07) is 12.2. The minimum absolute atomic E-state index is 0.0504. The zero-order valence-corrected chi connectivity index (χ0v) is 16.9. The van der Waals surface area contributed by atoms with Gasteiger partial charge in [0.1, 0.15) is 0 Å². The molecule has 4 rings (SSSR count). The van der Waals surface area contributed by atoms with E-state index in [9.17, 15) is 9.90 Å². The van der Waals surface area contributed by atoms with Crippen molar-refractivity contribution in [2.75, 3.05) is 37.7 Å². The molecule has 2 aromatic rings. The number of hydrogen-bond acceptors (Lipinski definition) is 5. The van der Waals surface area contributed by atoms with E-state index in [1.807, 2.05) is 29.2 Å². The van der Waals surface area contributed by atoms with Gasteiger partial charge in [-0.1, -0.05) is 30.3 Å². The summed E-state index contributed by atoms with van der Waals surface area (Å²) in [6.07, 6.45) is 7.84. The lowest BCUT2D eigenvalue weighted by molar-refractivity contribution is -0.134. The maximum atomic E-state index is 12.7. The first-order valence-corrected chi connectivity index (χ1v) is 10.6.